The van der Waals surface area contributed by atoms with Crippen LogP contribution in [-0.4, -0.2) is 76.6 Å². The Morgan fingerprint density at radius 3 is 2.52 bits per heavy atom. The Labute approximate surface area is 256 Å². The van der Waals surface area contributed by atoms with Crippen LogP contribution in [0.25, 0.3) is 11.0 Å². The van der Waals surface area contributed by atoms with Gasteiger partial charge in [-0.1, -0.05) is 47.6 Å². The van der Waals surface area contributed by atoms with Crippen molar-refractivity contribution in [1.82, 2.24) is 19.8 Å². The second-order valence-electron chi connectivity index (χ2n) is 11.7. The Balaban J connectivity index is 1.61. The Bertz CT molecular complexity index is 1550. The van der Waals surface area contributed by atoms with Gasteiger partial charge in [0.2, 0.25) is 11.9 Å². The minimum absolute atomic E-state index is 0.0628. The fraction of sp³-hybridized carbons (Fsp3) is 0.467. The molecule has 1 heterocycles. The first-order chi connectivity index (χ1) is 20.8. The minimum Gasteiger partial charge on any atom is -0.444 e. The number of fused-ring (bicyclic) bond motifs is 1. The number of hydrogen-bond donors (Lipinski definition) is 4. The summed E-state index contributed by atoms with van der Waals surface area (Å²) in [5.41, 5.74) is 0.745. The largest absolute Gasteiger partial charge is 0.444 e. The number of nitrogens with zero attached hydrogens (tertiary/aromatic N) is 2. The summed E-state index contributed by atoms with van der Waals surface area (Å²) in [4.78, 5) is 48.1. The predicted octanol–water partition coefficient (Wildman–Crippen LogP) is 3.45. The number of carbonyl (C=O) groups excluding carboxylic acids is 3. The maximum absolute atomic E-state index is 14.0. The van der Waals surface area contributed by atoms with Gasteiger partial charge in [0.15, 0.2) is 0 Å². The molecule has 1 saturated carbocycles. The van der Waals surface area contributed by atoms with E-state index in [9.17, 15) is 27.9 Å². The number of aldehydes is 1. The molecule has 1 aliphatic rings. The van der Waals surface area contributed by atoms with Gasteiger partial charge >= 0.3 is 6.09 Å². The number of benzene rings is 2. The molecule has 0 spiro atoms. The van der Waals surface area contributed by atoms with Crippen LogP contribution in [0.4, 0.5) is 10.7 Å². The second-order valence-corrected chi connectivity index (χ2v) is 13.5. The average molecular weight is 630 g/mol. The number of imidazole rings is 1. The van der Waals surface area contributed by atoms with Crippen molar-refractivity contribution in [2.45, 2.75) is 88.0 Å². The third-order valence-electron chi connectivity index (χ3n) is 6.92. The number of aromatic amines is 1. The van der Waals surface area contributed by atoms with Gasteiger partial charge < -0.3 is 24.9 Å². The van der Waals surface area contributed by atoms with Gasteiger partial charge in [-0.25, -0.2) is 18.2 Å². The molecule has 0 saturated heterocycles. The predicted molar refractivity (Wildman–Crippen MR) is 162 cm³/mol. The lowest BCUT2D eigenvalue weighted by Gasteiger charge is -2.31. The molecule has 2 amide bonds. The van der Waals surface area contributed by atoms with Crippen molar-refractivity contribution < 1.29 is 37.5 Å². The number of rotatable bonds is 13. The molecule has 238 valence electrons. The molecular weight excluding hydrogens is 590 g/mol. The van der Waals surface area contributed by atoms with Gasteiger partial charge in [-0.15, -0.1) is 0 Å². The van der Waals surface area contributed by atoms with Crippen molar-refractivity contribution in [3.63, 3.8) is 0 Å². The molecule has 1 fully saturated rings. The van der Waals surface area contributed by atoms with Crippen LogP contribution in [0.1, 0.15) is 58.4 Å². The molecule has 1 aliphatic carbocycles. The molecule has 0 bridgehead atoms. The zero-order valence-electron chi connectivity index (χ0n) is 25.0. The lowest BCUT2D eigenvalue weighted by molar-refractivity contribution is -0.145. The number of aliphatic hydroxyl groups excluding tert-OH is 1. The Hall–Kier alpha value is -3.85. The van der Waals surface area contributed by atoms with Gasteiger partial charge in [0.05, 0.1) is 47.1 Å². The highest BCUT2D eigenvalue weighted by Gasteiger charge is 2.35. The smallest absolute Gasteiger partial charge is 0.407 e. The average Bonchev–Trinajstić information content (AvgIpc) is 3.61. The van der Waals surface area contributed by atoms with E-state index in [1.807, 2.05) is 30.3 Å². The molecule has 1 aromatic heterocycles. The molecule has 0 unspecified atom stereocenters. The van der Waals surface area contributed by atoms with Crippen molar-refractivity contribution in [3.05, 3.63) is 54.1 Å². The lowest BCUT2D eigenvalue weighted by Crippen LogP contribution is -2.51. The van der Waals surface area contributed by atoms with Crippen molar-refractivity contribution in [1.29, 1.82) is 0 Å². The molecule has 0 aliphatic heterocycles. The van der Waals surface area contributed by atoms with Crippen molar-refractivity contribution in [3.8, 4) is 0 Å². The number of aromatic nitrogens is 2. The summed E-state index contributed by atoms with van der Waals surface area (Å²) in [5.74, 6) is -0.505. The van der Waals surface area contributed by atoms with E-state index in [2.05, 4.69) is 20.6 Å². The zero-order valence-corrected chi connectivity index (χ0v) is 25.8. The summed E-state index contributed by atoms with van der Waals surface area (Å²) >= 11 is 0. The summed E-state index contributed by atoms with van der Waals surface area (Å²) in [7, 11) is -4.34. The number of nitrogens with one attached hydrogen (secondary N) is 3. The molecule has 4 rings (SSSR count). The molecule has 3 aromatic rings. The fourth-order valence-electron chi connectivity index (χ4n) is 4.83. The summed E-state index contributed by atoms with van der Waals surface area (Å²) in [5, 5.41) is 16.6. The Morgan fingerprint density at radius 1 is 1.16 bits per heavy atom. The van der Waals surface area contributed by atoms with Crippen LogP contribution >= 0.6 is 0 Å². The Morgan fingerprint density at radius 2 is 1.86 bits per heavy atom. The normalized spacial score (nSPS) is 15.7. The van der Waals surface area contributed by atoms with E-state index >= 15 is 0 Å². The minimum atomic E-state index is -4.34. The lowest BCUT2D eigenvalue weighted by atomic mass is 10.0. The molecule has 14 heteroatoms. The van der Waals surface area contributed by atoms with Crippen molar-refractivity contribution in [2.24, 2.45) is 0 Å². The van der Waals surface area contributed by atoms with Gasteiger partial charge in [-0.3, -0.25) is 14.9 Å². The summed E-state index contributed by atoms with van der Waals surface area (Å²) in [6.07, 6.45) is 0.918. The third-order valence-corrected chi connectivity index (χ3v) is 8.54. The SMILES string of the molecule is CC(C)(C)OC(=O)N[C@@H](Cc1ccccc1)[C@H](O)CN(OC1CCCC1)S(=O)(=O)c1ccc2[nH]c(NC(=O)CC=O)nc2c1. The Kier molecular flexibility index (Phi) is 10.7. The van der Waals surface area contributed by atoms with Crippen LogP contribution < -0.4 is 10.6 Å². The summed E-state index contributed by atoms with van der Waals surface area (Å²) in [6.45, 7) is 4.68. The number of alkyl carbamates (subject to hydrolysis) is 1. The molecule has 2 aromatic carbocycles. The van der Waals surface area contributed by atoms with Crippen molar-refractivity contribution in [2.75, 3.05) is 11.9 Å². The first kappa shape index (κ1) is 33.1. The van der Waals surface area contributed by atoms with Gasteiger partial charge in [0.25, 0.3) is 10.0 Å². The molecule has 2 atom stereocenters. The number of sulfonamides is 1. The van der Waals surface area contributed by atoms with Gasteiger partial charge in [-0.2, -0.15) is 0 Å². The van der Waals surface area contributed by atoms with E-state index in [1.54, 1.807) is 20.8 Å². The molecule has 44 heavy (non-hydrogen) atoms. The molecule has 0 radical (unpaired) electrons. The van der Waals surface area contributed by atoms with E-state index in [1.165, 1.54) is 18.2 Å². The highest BCUT2D eigenvalue weighted by atomic mass is 32.2. The maximum atomic E-state index is 14.0. The number of H-pyrrole nitrogens is 1. The van der Waals surface area contributed by atoms with Crippen LogP contribution in [0, 0.1) is 0 Å². The maximum Gasteiger partial charge on any atom is 0.407 e. The van der Waals surface area contributed by atoms with Crippen LogP contribution in [-0.2, 0) is 35.6 Å². The highest BCUT2D eigenvalue weighted by Crippen LogP contribution is 2.28. The third kappa shape index (κ3) is 9.08. The standard InChI is InChI=1S/C30H39N5O8S/c1-30(2,3)42-29(39)33-25(17-20-9-5-4-6-10-20)26(37)19-35(43-21-11-7-8-12-21)44(40,41)22-13-14-23-24(18-22)32-28(31-23)34-27(38)15-16-36/h4-6,9-10,13-14,16,18,21,25-26,37H,7-8,11-12,15,17,19H2,1-3H3,(H,33,39)(H2,31,32,34,38)/t25-,26+/m0/s1. The second kappa shape index (κ2) is 14.3. The topological polar surface area (TPSA) is 180 Å². The molecular formula is C30H39N5O8S. The number of hydroxylamine groups is 1. The number of amides is 2. The first-order valence-corrected chi connectivity index (χ1v) is 15.9. The number of ether oxygens (including phenoxy) is 1. The number of hydrogen-bond acceptors (Lipinski definition) is 9. The van der Waals surface area contributed by atoms with E-state index in [0.29, 0.717) is 24.6 Å². The first-order valence-electron chi connectivity index (χ1n) is 14.5. The van der Waals surface area contributed by atoms with Crippen LogP contribution in [0.5, 0.6) is 0 Å². The molecule has 13 nitrogen and oxygen atoms in total. The van der Waals surface area contributed by atoms with Crippen LogP contribution in [0.15, 0.2) is 53.4 Å². The van der Waals surface area contributed by atoms with Gasteiger partial charge in [0.1, 0.15) is 11.9 Å². The monoisotopic (exact) mass is 629 g/mol. The van der Waals surface area contributed by atoms with E-state index in [0.717, 1.165) is 22.9 Å². The zero-order chi connectivity index (χ0) is 31.9. The van der Waals surface area contributed by atoms with Gasteiger partial charge in [-0.05, 0) is 63.8 Å². The quantitative estimate of drug-likeness (QED) is 0.125. The summed E-state index contributed by atoms with van der Waals surface area (Å²) in [6, 6.07) is 12.5. The van der Waals surface area contributed by atoms with Crippen LogP contribution in [0.2, 0.25) is 0 Å². The van der Waals surface area contributed by atoms with Crippen molar-refractivity contribution >= 4 is 45.3 Å². The summed E-state index contributed by atoms with van der Waals surface area (Å²) < 4.78 is 34.2. The number of anilines is 1. The molecule has 4 N–H and O–H groups in total. The van der Waals surface area contributed by atoms with Gasteiger partial charge in [0, 0.05) is 0 Å². The van der Waals surface area contributed by atoms with E-state index in [-0.39, 0.29) is 35.3 Å². The number of carbonyl (C=O) groups is 3. The van der Waals surface area contributed by atoms with E-state index < -0.39 is 46.3 Å². The fourth-order valence-corrected chi connectivity index (χ4v) is 6.15. The highest BCUT2D eigenvalue weighted by molar-refractivity contribution is 7.89. The number of aliphatic hydroxyl groups is 1. The van der Waals surface area contributed by atoms with E-state index in [4.69, 9.17) is 9.57 Å². The van der Waals surface area contributed by atoms with Crippen LogP contribution in [0.3, 0.4) is 0 Å².